The van der Waals surface area contributed by atoms with Crippen LogP contribution in [0.3, 0.4) is 0 Å². The van der Waals surface area contributed by atoms with Gasteiger partial charge in [-0.3, -0.25) is 0 Å². The zero-order valence-electron chi connectivity index (χ0n) is 10.7. The molecule has 1 aliphatic carbocycles. The molecule has 0 atom stereocenters. The SMILES string of the molecule is Cc1ccc2c(C)cnn2c1C1CCCCC1. The summed E-state index contributed by atoms with van der Waals surface area (Å²) < 4.78 is 2.18. The van der Waals surface area contributed by atoms with Gasteiger partial charge in [0, 0.05) is 11.6 Å². The molecule has 2 aromatic heterocycles. The van der Waals surface area contributed by atoms with Gasteiger partial charge in [0.2, 0.25) is 0 Å². The number of hydrogen-bond donors (Lipinski definition) is 0. The van der Waals surface area contributed by atoms with E-state index in [1.54, 1.807) is 0 Å². The standard InChI is InChI=1S/C15H20N2/c1-11-8-9-14-12(2)10-16-17(14)15(11)13-6-4-3-5-7-13/h8-10,13H,3-7H2,1-2H3. The van der Waals surface area contributed by atoms with E-state index in [-0.39, 0.29) is 0 Å². The molecular weight excluding hydrogens is 208 g/mol. The smallest absolute Gasteiger partial charge is 0.0694 e. The van der Waals surface area contributed by atoms with E-state index in [1.807, 2.05) is 6.20 Å². The predicted octanol–water partition coefficient (Wildman–Crippen LogP) is 4.00. The first-order chi connectivity index (χ1) is 8.27. The highest BCUT2D eigenvalue weighted by atomic mass is 15.2. The van der Waals surface area contributed by atoms with Crippen LogP contribution in [-0.2, 0) is 0 Å². The first-order valence-electron chi connectivity index (χ1n) is 6.71. The molecule has 3 rings (SSSR count). The normalized spacial score (nSPS) is 17.8. The molecule has 0 saturated heterocycles. The Balaban J connectivity index is 2.15. The van der Waals surface area contributed by atoms with Crippen molar-refractivity contribution in [3.8, 4) is 0 Å². The molecule has 17 heavy (non-hydrogen) atoms. The summed E-state index contributed by atoms with van der Waals surface area (Å²) in [6.45, 7) is 4.36. The van der Waals surface area contributed by atoms with E-state index in [0.717, 1.165) is 0 Å². The molecule has 2 aromatic rings. The van der Waals surface area contributed by atoms with Gasteiger partial charge in [0.05, 0.1) is 11.7 Å². The monoisotopic (exact) mass is 228 g/mol. The lowest BCUT2D eigenvalue weighted by atomic mass is 9.85. The average Bonchev–Trinajstić information content (AvgIpc) is 2.72. The number of aromatic nitrogens is 2. The van der Waals surface area contributed by atoms with Crippen LogP contribution < -0.4 is 0 Å². The van der Waals surface area contributed by atoms with Crippen molar-refractivity contribution in [2.24, 2.45) is 0 Å². The van der Waals surface area contributed by atoms with E-state index in [1.165, 1.54) is 54.4 Å². The van der Waals surface area contributed by atoms with Crippen molar-refractivity contribution in [3.63, 3.8) is 0 Å². The van der Waals surface area contributed by atoms with Crippen LogP contribution in [0.4, 0.5) is 0 Å². The summed E-state index contributed by atoms with van der Waals surface area (Å²) in [7, 11) is 0. The number of nitrogens with zero attached hydrogens (tertiary/aromatic N) is 2. The minimum atomic E-state index is 0.715. The highest BCUT2D eigenvalue weighted by Crippen LogP contribution is 2.34. The molecule has 90 valence electrons. The molecule has 0 unspecified atom stereocenters. The summed E-state index contributed by atoms with van der Waals surface area (Å²) in [5.74, 6) is 0.715. The third kappa shape index (κ3) is 1.76. The van der Waals surface area contributed by atoms with Crippen LogP contribution in [0.25, 0.3) is 5.52 Å². The zero-order valence-corrected chi connectivity index (χ0v) is 10.7. The Bertz CT molecular complexity index is 533. The summed E-state index contributed by atoms with van der Waals surface area (Å²) >= 11 is 0. The Labute approximate surface area is 103 Å². The van der Waals surface area contributed by atoms with Gasteiger partial charge in [-0.15, -0.1) is 0 Å². The Kier molecular flexibility index (Phi) is 2.65. The van der Waals surface area contributed by atoms with Gasteiger partial charge in [-0.05, 0) is 43.9 Å². The first-order valence-corrected chi connectivity index (χ1v) is 6.71. The van der Waals surface area contributed by atoms with E-state index in [0.29, 0.717) is 5.92 Å². The summed E-state index contributed by atoms with van der Waals surface area (Å²) in [4.78, 5) is 0. The van der Waals surface area contributed by atoms with Crippen molar-refractivity contribution in [3.05, 3.63) is 35.2 Å². The number of pyridine rings is 1. The Morgan fingerprint density at radius 1 is 1.06 bits per heavy atom. The van der Waals surface area contributed by atoms with Gasteiger partial charge in [0.1, 0.15) is 0 Å². The highest BCUT2D eigenvalue weighted by Gasteiger charge is 2.20. The minimum Gasteiger partial charge on any atom is -0.237 e. The summed E-state index contributed by atoms with van der Waals surface area (Å²) in [5.41, 5.74) is 5.40. The van der Waals surface area contributed by atoms with Gasteiger partial charge in [0.15, 0.2) is 0 Å². The third-order valence-corrected chi connectivity index (χ3v) is 4.11. The maximum Gasteiger partial charge on any atom is 0.0694 e. The van der Waals surface area contributed by atoms with Crippen LogP contribution in [-0.4, -0.2) is 9.61 Å². The summed E-state index contributed by atoms with van der Waals surface area (Å²) in [6.07, 6.45) is 8.81. The number of fused-ring (bicyclic) bond motifs is 1. The van der Waals surface area contributed by atoms with Gasteiger partial charge in [0.25, 0.3) is 0 Å². The van der Waals surface area contributed by atoms with Crippen molar-refractivity contribution in [2.75, 3.05) is 0 Å². The van der Waals surface area contributed by atoms with Crippen molar-refractivity contribution in [1.82, 2.24) is 9.61 Å². The van der Waals surface area contributed by atoms with Gasteiger partial charge in [-0.25, -0.2) is 4.52 Å². The van der Waals surface area contributed by atoms with Gasteiger partial charge < -0.3 is 0 Å². The largest absolute Gasteiger partial charge is 0.237 e. The van der Waals surface area contributed by atoms with E-state index >= 15 is 0 Å². The Morgan fingerprint density at radius 2 is 1.82 bits per heavy atom. The molecule has 0 aromatic carbocycles. The maximum atomic E-state index is 4.57. The van der Waals surface area contributed by atoms with Crippen molar-refractivity contribution in [2.45, 2.75) is 51.9 Å². The third-order valence-electron chi connectivity index (χ3n) is 4.11. The molecule has 1 saturated carbocycles. The second-order valence-corrected chi connectivity index (χ2v) is 5.36. The first kappa shape index (κ1) is 10.8. The molecule has 0 amide bonds. The highest BCUT2D eigenvalue weighted by molar-refractivity contribution is 5.55. The molecule has 2 nitrogen and oxygen atoms in total. The van der Waals surface area contributed by atoms with E-state index in [9.17, 15) is 0 Å². The quantitative estimate of drug-likeness (QED) is 0.721. The van der Waals surface area contributed by atoms with E-state index in [2.05, 4.69) is 35.6 Å². The van der Waals surface area contributed by atoms with Crippen molar-refractivity contribution < 1.29 is 0 Å². The molecular formula is C15H20N2. The molecule has 0 N–H and O–H groups in total. The van der Waals surface area contributed by atoms with Crippen LogP contribution in [0, 0.1) is 13.8 Å². The second kappa shape index (κ2) is 4.17. The molecule has 1 fully saturated rings. The fourth-order valence-electron chi connectivity index (χ4n) is 3.16. The molecule has 0 bridgehead atoms. The lowest BCUT2D eigenvalue weighted by Gasteiger charge is -2.24. The topological polar surface area (TPSA) is 17.3 Å². The fraction of sp³-hybridized carbons (Fsp3) is 0.533. The van der Waals surface area contributed by atoms with Crippen LogP contribution in [0.5, 0.6) is 0 Å². The fourth-order valence-corrected chi connectivity index (χ4v) is 3.16. The van der Waals surface area contributed by atoms with Crippen molar-refractivity contribution >= 4 is 5.52 Å². The number of rotatable bonds is 1. The number of hydrogen-bond acceptors (Lipinski definition) is 1. The van der Waals surface area contributed by atoms with Crippen LogP contribution in [0.2, 0.25) is 0 Å². The molecule has 0 radical (unpaired) electrons. The van der Waals surface area contributed by atoms with Gasteiger partial charge >= 0.3 is 0 Å². The maximum absolute atomic E-state index is 4.57. The van der Waals surface area contributed by atoms with E-state index < -0.39 is 0 Å². The Hall–Kier alpha value is -1.31. The lowest BCUT2D eigenvalue weighted by Crippen LogP contribution is -2.11. The molecule has 2 heteroatoms. The van der Waals surface area contributed by atoms with Crippen LogP contribution >= 0.6 is 0 Å². The molecule has 0 aliphatic heterocycles. The molecule has 2 heterocycles. The van der Waals surface area contributed by atoms with Gasteiger partial charge in [-0.2, -0.15) is 5.10 Å². The van der Waals surface area contributed by atoms with E-state index in [4.69, 9.17) is 0 Å². The second-order valence-electron chi connectivity index (χ2n) is 5.36. The zero-order chi connectivity index (χ0) is 11.8. The summed E-state index contributed by atoms with van der Waals surface area (Å²) in [5, 5.41) is 4.57. The minimum absolute atomic E-state index is 0.715. The number of aryl methyl sites for hydroxylation is 2. The lowest BCUT2D eigenvalue weighted by molar-refractivity contribution is 0.429. The average molecular weight is 228 g/mol. The predicted molar refractivity (Wildman–Crippen MR) is 70.5 cm³/mol. The molecule has 0 spiro atoms. The molecule has 1 aliphatic rings. The van der Waals surface area contributed by atoms with Crippen molar-refractivity contribution in [1.29, 1.82) is 0 Å². The van der Waals surface area contributed by atoms with Crippen LogP contribution in [0.1, 0.15) is 54.8 Å². The van der Waals surface area contributed by atoms with Gasteiger partial charge in [-0.1, -0.05) is 25.3 Å². The Morgan fingerprint density at radius 3 is 2.59 bits per heavy atom. The summed E-state index contributed by atoms with van der Waals surface area (Å²) in [6, 6.07) is 4.46. The van der Waals surface area contributed by atoms with Crippen LogP contribution in [0.15, 0.2) is 18.3 Å².